The molecule has 0 aliphatic rings. The summed E-state index contributed by atoms with van der Waals surface area (Å²) in [5.74, 6) is -0.916. The summed E-state index contributed by atoms with van der Waals surface area (Å²) in [5.41, 5.74) is 2.13. The number of carboxylic acid groups (broad SMARTS) is 1. The van der Waals surface area contributed by atoms with Crippen molar-refractivity contribution in [1.82, 2.24) is 4.68 Å². The highest BCUT2D eigenvalue weighted by molar-refractivity contribution is 6.50. The summed E-state index contributed by atoms with van der Waals surface area (Å²) < 4.78 is 42.5. The van der Waals surface area contributed by atoms with Crippen LogP contribution in [0.15, 0.2) is 36.4 Å². The molecule has 0 saturated carbocycles. The molecule has 0 unspecified atom stereocenters. The van der Waals surface area contributed by atoms with Gasteiger partial charge in [-0.25, -0.2) is 4.79 Å². The van der Waals surface area contributed by atoms with Crippen LogP contribution in [0.2, 0.25) is 0 Å². The van der Waals surface area contributed by atoms with E-state index >= 15 is 0 Å². The maximum Gasteiger partial charge on any atom is 0.673 e. The van der Waals surface area contributed by atoms with Gasteiger partial charge in [-0.2, -0.15) is 0 Å². The quantitative estimate of drug-likeness (QED) is 0.526. The van der Waals surface area contributed by atoms with E-state index in [2.05, 4.69) is 0 Å². The molecule has 0 atom stereocenters. The number of carbonyl (C=O) groups is 1. The van der Waals surface area contributed by atoms with Crippen molar-refractivity contribution < 1.29 is 31.8 Å². The Morgan fingerprint density at radius 3 is 2.05 bits per heavy atom. The molecule has 0 fully saturated rings. The summed E-state index contributed by atoms with van der Waals surface area (Å²) in [5, 5.41) is 9.02. The van der Waals surface area contributed by atoms with Gasteiger partial charge in [-0.15, -0.1) is 4.68 Å². The lowest BCUT2D eigenvalue weighted by Crippen LogP contribution is -2.43. The van der Waals surface area contributed by atoms with Crippen LogP contribution in [0.1, 0.15) is 16.2 Å². The van der Waals surface area contributed by atoms with Gasteiger partial charge in [0.05, 0.1) is 5.69 Å². The first-order valence-corrected chi connectivity index (χ1v) is 5.86. The predicted molar refractivity (Wildman–Crippen MR) is 68.8 cm³/mol. The molecule has 2 aromatic rings. The lowest BCUT2D eigenvalue weighted by molar-refractivity contribution is -0.746. The number of aromatic carboxylic acids is 1. The van der Waals surface area contributed by atoms with Crippen LogP contribution in [0, 0.1) is 6.92 Å². The third-order valence-electron chi connectivity index (χ3n) is 2.55. The van der Waals surface area contributed by atoms with Crippen molar-refractivity contribution in [1.29, 1.82) is 0 Å². The van der Waals surface area contributed by atoms with Crippen molar-refractivity contribution >= 4 is 13.2 Å². The minimum Gasteiger partial charge on any atom is -0.473 e. The molecule has 2 rings (SSSR count). The number of hydrogen-bond acceptors (Lipinski definition) is 1. The van der Waals surface area contributed by atoms with E-state index in [0.717, 1.165) is 11.4 Å². The normalized spacial score (nSPS) is 10.8. The average molecular weight is 304 g/mol. The fourth-order valence-electron chi connectivity index (χ4n) is 1.84. The molecule has 1 N–H and O–H groups in total. The third-order valence-corrected chi connectivity index (χ3v) is 2.55. The second-order valence-electron chi connectivity index (χ2n) is 4.14. The Bertz CT molecular complexity index is 620. The molecule has 114 valence electrons. The minimum absolute atomic E-state index is 0.279. The highest BCUT2D eigenvalue weighted by Crippen LogP contribution is 2.09. The van der Waals surface area contributed by atoms with Gasteiger partial charge in [-0.3, -0.25) is 0 Å². The van der Waals surface area contributed by atoms with Gasteiger partial charge in [0, 0.05) is 6.07 Å². The van der Waals surface area contributed by atoms with Gasteiger partial charge in [0.25, 0.3) is 0 Å². The summed E-state index contributed by atoms with van der Waals surface area (Å²) in [6, 6.07) is 11.3. The Labute approximate surface area is 118 Å². The largest absolute Gasteiger partial charge is 0.673 e. The fraction of sp³-hybridized carbons (Fsp3) is 0.167. The topological polar surface area (TPSA) is 46.1 Å². The van der Waals surface area contributed by atoms with Gasteiger partial charge in [0.1, 0.15) is 5.69 Å². The van der Waals surface area contributed by atoms with Crippen molar-refractivity contribution in [2.45, 2.75) is 6.92 Å². The second kappa shape index (κ2) is 6.42. The van der Waals surface area contributed by atoms with E-state index in [4.69, 9.17) is 5.11 Å². The van der Waals surface area contributed by atoms with E-state index in [0.29, 0.717) is 0 Å². The smallest absolute Gasteiger partial charge is 0.473 e. The summed E-state index contributed by atoms with van der Waals surface area (Å²) in [6.45, 7) is 1.89. The van der Waals surface area contributed by atoms with E-state index < -0.39 is 13.2 Å². The van der Waals surface area contributed by atoms with E-state index in [9.17, 15) is 22.1 Å². The van der Waals surface area contributed by atoms with E-state index in [-0.39, 0.29) is 5.69 Å². The number of hydrogen-bond donors (Lipinski definition) is 1. The lowest BCUT2D eigenvalue weighted by Gasteiger charge is -2.01. The van der Waals surface area contributed by atoms with Crippen LogP contribution >= 0.6 is 0 Å². The number of carboxylic acids is 1. The molecule has 0 spiro atoms. The Kier molecular flexibility index (Phi) is 5.12. The van der Waals surface area contributed by atoms with Crippen LogP contribution in [0.3, 0.4) is 0 Å². The number of nitrogens with zero attached hydrogens (tertiary/aromatic N) is 2. The molecule has 21 heavy (non-hydrogen) atoms. The van der Waals surface area contributed by atoms with Crippen LogP contribution in [0.4, 0.5) is 17.3 Å². The summed E-state index contributed by atoms with van der Waals surface area (Å²) in [4.78, 5) is 11.0. The molecule has 9 heteroatoms. The number of aromatic nitrogens is 2. The molecule has 0 amide bonds. The standard InChI is InChI=1S/C12H12N2O2.BF4/c1-9-8-11(12(15)16)13(2)14(9)10-6-4-3-5-7-10;2-1(3,4)5/h3-8H,1-2H3;/q;-1/p+1. The summed E-state index contributed by atoms with van der Waals surface area (Å²) in [6.07, 6.45) is 0. The molecule has 1 heterocycles. The Hall–Kier alpha value is -2.32. The number of rotatable bonds is 2. The van der Waals surface area contributed by atoms with Crippen LogP contribution < -0.4 is 4.68 Å². The van der Waals surface area contributed by atoms with Crippen molar-refractivity contribution in [3.63, 3.8) is 0 Å². The number of aryl methyl sites for hydroxylation is 1. The Balaban J connectivity index is 0.000000383. The Morgan fingerprint density at radius 1 is 1.19 bits per heavy atom. The minimum atomic E-state index is -6.00. The molecule has 0 saturated heterocycles. The number of halogens is 4. The van der Waals surface area contributed by atoms with Crippen molar-refractivity contribution in [3.05, 3.63) is 47.8 Å². The van der Waals surface area contributed by atoms with Crippen LogP contribution in [0.25, 0.3) is 5.69 Å². The summed E-state index contributed by atoms with van der Waals surface area (Å²) in [7, 11) is -4.26. The van der Waals surface area contributed by atoms with Crippen molar-refractivity contribution in [2.75, 3.05) is 0 Å². The molecule has 0 radical (unpaired) electrons. The first-order valence-electron chi connectivity index (χ1n) is 5.86. The lowest BCUT2D eigenvalue weighted by atomic mass is 10.3. The first-order chi connectivity index (χ1) is 9.61. The molecule has 1 aromatic heterocycles. The molecule has 0 aliphatic carbocycles. The molecule has 0 aliphatic heterocycles. The van der Waals surface area contributed by atoms with Gasteiger partial charge in [-0.1, -0.05) is 22.9 Å². The molecule has 1 aromatic carbocycles. The van der Waals surface area contributed by atoms with E-state index in [1.165, 1.54) is 0 Å². The zero-order valence-corrected chi connectivity index (χ0v) is 11.3. The number of benzene rings is 1. The zero-order chi connectivity index (χ0) is 16.2. The van der Waals surface area contributed by atoms with Crippen molar-refractivity contribution in [3.8, 4) is 5.69 Å². The molecule has 4 nitrogen and oxygen atoms in total. The highest BCUT2D eigenvalue weighted by Gasteiger charge is 2.23. The maximum atomic E-state index is 11.0. The SMILES string of the molecule is Cc1cc(C(=O)O)[n+](C)n1-c1ccccc1.F[B-](F)(F)F. The first kappa shape index (κ1) is 16.7. The van der Waals surface area contributed by atoms with Gasteiger partial charge < -0.3 is 22.4 Å². The second-order valence-corrected chi connectivity index (χ2v) is 4.14. The molecular formula is C12H13BF4N2O2. The monoisotopic (exact) mass is 304 g/mol. The van der Waals surface area contributed by atoms with E-state index in [1.54, 1.807) is 17.8 Å². The summed E-state index contributed by atoms with van der Waals surface area (Å²) >= 11 is 0. The number of para-hydroxylation sites is 1. The van der Waals surface area contributed by atoms with Gasteiger partial charge >= 0.3 is 18.9 Å². The average Bonchev–Trinajstić information content (AvgIpc) is 2.64. The fourth-order valence-corrected chi connectivity index (χ4v) is 1.84. The Morgan fingerprint density at radius 2 is 1.67 bits per heavy atom. The molecular weight excluding hydrogens is 291 g/mol. The van der Waals surface area contributed by atoms with Crippen LogP contribution in [-0.2, 0) is 7.05 Å². The third kappa shape index (κ3) is 4.94. The zero-order valence-electron chi connectivity index (χ0n) is 11.3. The predicted octanol–water partition coefficient (Wildman–Crippen LogP) is 2.61. The maximum absolute atomic E-state index is 11.0. The van der Waals surface area contributed by atoms with Gasteiger partial charge in [0.15, 0.2) is 7.05 Å². The molecule has 0 bridgehead atoms. The van der Waals surface area contributed by atoms with Crippen molar-refractivity contribution in [2.24, 2.45) is 7.05 Å². The van der Waals surface area contributed by atoms with Crippen LogP contribution in [0.5, 0.6) is 0 Å². The van der Waals surface area contributed by atoms with E-state index in [1.807, 2.05) is 41.9 Å². The van der Waals surface area contributed by atoms with Gasteiger partial charge in [-0.05, 0) is 19.1 Å². The van der Waals surface area contributed by atoms with Gasteiger partial charge in [0.2, 0.25) is 0 Å². The highest BCUT2D eigenvalue weighted by atomic mass is 19.5. The van der Waals surface area contributed by atoms with Crippen LogP contribution in [-0.4, -0.2) is 23.0 Å².